The third-order valence-corrected chi connectivity index (χ3v) is 5.53. The lowest BCUT2D eigenvalue weighted by Crippen LogP contribution is -2.51. The second-order valence-electron chi connectivity index (χ2n) is 7.08. The second-order valence-corrected chi connectivity index (χ2v) is 7.08. The highest BCUT2D eigenvalue weighted by atomic mass is 16.2. The van der Waals surface area contributed by atoms with E-state index in [0.29, 0.717) is 13.0 Å². The topological polar surface area (TPSA) is 56.0 Å². The first kappa shape index (κ1) is 16.6. The van der Waals surface area contributed by atoms with E-state index in [9.17, 15) is 9.59 Å². The van der Waals surface area contributed by atoms with Crippen molar-refractivity contribution in [3.8, 4) is 0 Å². The Hall–Kier alpha value is -2.82. The van der Waals surface area contributed by atoms with Crippen molar-refractivity contribution < 1.29 is 4.79 Å². The number of imidazole rings is 1. The Morgan fingerprint density at radius 3 is 2.35 bits per heavy atom. The van der Waals surface area contributed by atoms with Crippen LogP contribution in [0.5, 0.6) is 0 Å². The molecule has 1 fully saturated rings. The lowest BCUT2D eigenvalue weighted by molar-refractivity contribution is -0.124. The van der Waals surface area contributed by atoms with Crippen LogP contribution >= 0.6 is 0 Å². The van der Waals surface area contributed by atoms with Crippen molar-refractivity contribution in [2.75, 3.05) is 0 Å². The Morgan fingerprint density at radius 2 is 1.69 bits per heavy atom. The van der Waals surface area contributed by atoms with Crippen molar-refractivity contribution in [1.82, 2.24) is 14.5 Å². The van der Waals surface area contributed by atoms with Gasteiger partial charge in [-0.05, 0) is 37.0 Å². The molecule has 5 nitrogen and oxygen atoms in total. The largest absolute Gasteiger partial charge is 0.347 e. The molecule has 2 aromatic carbocycles. The van der Waals surface area contributed by atoms with Crippen molar-refractivity contribution in [1.29, 1.82) is 0 Å². The SMILES string of the molecule is Cn1c(=O)n(CCC(=O)NC2(c3ccccc3)CCC2)c2ccccc21. The van der Waals surface area contributed by atoms with Crippen LogP contribution in [0.1, 0.15) is 31.2 Å². The van der Waals surface area contributed by atoms with Crippen molar-refractivity contribution in [3.05, 3.63) is 70.6 Å². The van der Waals surface area contributed by atoms with E-state index in [1.165, 1.54) is 5.56 Å². The fourth-order valence-corrected chi connectivity index (χ4v) is 3.90. The highest BCUT2D eigenvalue weighted by Crippen LogP contribution is 2.41. The zero-order valence-corrected chi connectivity index (χ0v) is 14.9. The van der Waals surface area contributed by atoms with E-state index in [1.807, 2.05) is 42.5 Å². The maximum atomic E-state index is 12.6. The number of carbonyl (C=O) groups excluding carboxylic acids is 1. The molecule has 0 aliphatic heterocycles. The van der Waals surface area contributed by atoms with Crippen molar-refractivity contribution in [2.45, 2.75) is 37.8 Å². The third kappa shape index (κ3) is 2.73. The van der Waals surface area contributed by atoms with Crippen LogP contribution in [0.15, 0.2) is 59.4 Å². The van der Waals surface area contributed by atoms with Crippen molar-refractivity contribution >= 4 is 16.9 Å². The van der Waals surface area contributed by atoms with Gasteiger partial charge in [0.1, 0.15) is 0 Å². The summed E-state index contributed by atoms with van der Waals surface area (Å²) >= 11 is 0. The molecule has 1 amide bonds. The van der Waals surface area contributed by atoms with Crippen LogP contribution in [0, 0.1) is 0 Å². The Morgan fingerprint density at radius 1 is 1.04 bits per heavy atom. The number of para-hydroxylation sites is 2. The molecule has 1 saturated carbocycles. The molecular weight excluding hydrogens is 326 g/mol. The normalized spacial score (nSPS) is 15.6. The predicted molar refractivity (Wildman–Crippen MR) is 102 cm³/mol. The standard InChI is InChI=1S/C21H23N3O2/c1-23-17-10-5-6-11-18(17)24(20(23)26)15-12-19(25)22-21(13-7-14-21)16-8-3-2-4-9-16/h2-6,8-11H,7,12-15H2,1H3,(H,22,25). The molecule has 0 radical (unpaired) electrons. The van der Waals surface area contributed by atoms with Crippen LogP contribution in [0.2, 0.25) is 0 Å². The van der Waals surface area contributed by atoms with Gasteiger partial charge in [0.2, 0.25) is 5.91 Å². The summed E-state index contributed by atoms with van der Waals surface area (Å²) < 4.78 is 3.31. The number of benzene rings is 2. The first-order chi connectivity index (χ1) is 12.6. The number of amides is 1. The number of nitrogens with one attached hydrogen (secondary N) is 1. The van der Waals surface area contributed by atoms with Gasteiger partial charge < -0.3 is 5.32 Å². The number of fused-ring (bicyclic) bond motifs is 1. The smallest absolute Gasteiger partial charge is 0.328 e. The highest BCUT2D eigenvalue weighted by Gasteiger charge is 2.39. The fraction of sp³-hybridized carbons (Fsp3) is 0.333. The van der Waals surface area contributed by atoms with E-state index in [-0.39, 0.29) is 17.1 Å². The number of carbonyl (C=O) groups is 1. The summed E-state index contributed by atoms with van der Waals surface area (Å²) in [5.41, 5.74) is 2.61. The van der Waals surface area contributed by atoms with Gasteiger partial charge in [-0.2, -0.15) is 0 Å². The Kier molecular flexibility index (Phi) is 4.15. The number of aromatic nitrogens is 2. The molecule has 0 spiro atoms. The quantitative estimate of drug-likeness (QED) is 0.770. The summed E-state index contributed by atoms with van der Waals surface area (Å²) in [7, 11) is 1.76. The molecule has 0 saturated heterocycles. The number of rotatable bonds is 5. The zero-order valence-electron chi connectivity index (χ0n) is 14.9. The lowest BCUT2D eigenvalue weighted by Gasteiger charge is -2.43. The van der Waals surface area contributed by atoms with Crippen LogP contribution in [-0.2, 0) is 23.9 Å². The highest BCUT2D eigenvalue weighted by molar-refractivity contribution is 5.78. The average Bonchev–Trinajstić information content (AvgIpc) is 2.88. The van der Waals surface area contributed by atoms with Crippen LogP contribution < -0.4 is 11.0 Å². The molecule has 1 N–H and O–H groups in total. The maximum absolute atomic E-state index is 12.6. The minimum atomic E-state index is -0.234. The molecule has 0 unspecified atom stereocenters. The molecular formula is C21H23N3O2. The number of aryl methyl sites for hydroxylation is 2. The van der Waals surface area contributed by atoms with Crippen molar-refractivity contribution in [2.24, 2.45) is 7.05 Å². The van der Waals surface area contributed by atoms with Gasteiger partial charge in [0.25, 0.3) is 0 Å². The molecule has 1 aliphatic carbocycles. The Balaban J connectivity index is 1.50. The molecule has 134 valence electrons. The van der Waals surface area contributed by atoms with Crippen LogP contribution in [0.25, 0.3) is 11.0 Å². The molecule has 0 atom stereocenters. The Bertz CT molecular complexity index is 997. The van der Waals surface area contributed by atoms with Gasteiger partial charge >= 0.3 is 5.69 Å². The molecule has 4 rings (SSSR count). The van der Waals surface area contributed by atoms with E-state index < -0.39 is 0 Å². The molecule has 1 heterocycles. The molecule has 0 bridgehead atoms. The van der Waals surface area contributed by atoms with E-state index >= 15 is 0 Å². The lowest BCUT2D eigenvalue weighted by atomic mass is 9.71. The monoisotopic (exact) mass is 349 g/mol. The third-order valence-electron chi connectivity index (χ3n) is 5.53. The molecule has 1 aliphatic rings. The predicted octanol–water partition coefficient (Wildman–Crippen LogP) is 2.93. The summed E-state index contributed by atoms with van der Waals surface area (Å²) in [6, 6.07) is 17.8. The summed E-state index contributed by atoms with van der Waals surface area (Å²) in [5.74, 6) is -0.00612. The summed E-state index contributed by atoms with van der Waals surface area (Å²) in [6.45, 7) is 0.386. The van der Waals surface area contributed by atoms with Gasteiger partial charge in [-0.1, -0.05) is 42.5 Å². The maximum Gasteiger partial charge on any atom is 0.328 e. The number of hydrogen-bond donors (Lipinski definition) is 1. The number of nitrogens with zero attached hydrogens (tertiary/aromatic N) is 2. The molecule has 5 heteroatoms. The zero-order chi connectivity index (χ0) is 18.1. The number of hydrogen-bond acceptors (Lipinski definition) is 2. The van der Waals surface area contributed by atoms with Gasteiger partial charge in [-0.25, -0.2) is 4.79 Å². The van der Waals surface area contributed by atoms with E-state index in [0.717, 1.165) is 30.3 Å². The first-order valence-corrected chi connectivity index (χ1v) is 9.11. The van der Waals surface area contributed by atoms with E-state index in [1.54, 1.807) is 16.2 Å². The summed E-state index contributed by atoms with van der Waals surface area (Å²) in [4.78, 5) is 25.1. The van der Waals surface area contributed by atoms with Gasteiger partial charge in [-0.15, -0.1) is 0 Å². The van der Waals surface area contributed by atoms with Crippen LogP contribution in [0.4, 0.5) is 0 Å². The van der Waals surface area contributed by atoms with E-state index in [2.05, 4.69) is 17.4 Å². The summed E-state index contributed by atoms with van der Waals surface area (Å²) in [5, 5.41) is 3.23. The molecule has 26 heavy (non-hydrogen) atoms. The summed E-state index contributed by atoms with van der Waals surface area (Å²) in [6.07, 6.45) is 3.36. The fourth-order valence-electron chi connectivity index (χ4n) is 3.90. The minimum absolute atomic E-state index is 0.00612. The van der Waals surface area contributed by atoms with Gasteiger partial charge in [-0.3, -0.25) is 13.9 Å². The Labute approximate surface area is 152 Å². The van der Waals surface area contributed by atoms with Gasteiger partial charge in [0.15, 0.2) is 0 Å². The molecule has 3 aromatic rings. The minimum Gasteiger partial charge on any atom is -0.347 e. The van der Waals surface area contributed by atoms with Gasteiger partial charge in [0.05, 0.1) is 16.6 Å². The van der Waals surface area contributed by atoms with Crippen LogP contribution in [0.3, 0.4) is 0 Å². The average molecular weight is 349 g/mol. The van der Waals surface area contributed by atoms with Crippen molar-refractivity contribution in [3.63, 3.8) is 0 Å². The van der Waals surface area contributed by atoms with Crippen LogP contribution in [-0.4, -0.2) is 15.0 Å². The first-order valence-electron chi connectivity index (χ1n) is 9.11. The van der Waals surface area contributed by atoms with E-state index in [4.69, 9.17) is 0 Å². The van der Waals surface area contributed by atoms with Gasteiger partial charge in [0, 0.05) is 20.0 Å². The molecule has 1 aromatic heterocycles. The second kappa shape index (κ2) is 6.48.